The number of hydrogen-bond acceptors (Lipinski definition) is 2. The summed E-state index contributed by atoms with van der Waals surface area (Å²) in [6.07, 6.45) is 2.66. The molecule has 0 aliphatic heterocycles. The summed E-state index contributed by atoms with van der Waals surface area (Å²) in [6, 6.07) is 22.5. The SMILES string of the molecule is CC(C)(C)Cc1ncnc2c3cc4ccccc4cc3n3c4cccc([Si](C)(C)C)c4cc3c12. The van der Waals surface area contributed by atoms with Crippen LogP contribution in [0.3, 0.4) is 0 Å². The van der Waals surface area contributed by atoms with E-state index in [1.807, 2.05) is 0 Å². The zero-order valence-electron chi connectivity index (χ0n) is 20.9. The predicted molar refractivity (Wildman–Crippen MR) is 149 cm³/mol. The van der Waals surface area contributed by atoms with E-state index in [4.69, 9.17) is 9.97 Å². The van der Waals surface area contributed by atoms with Gasteiger partial charge >= 0.3 is 0 Å². The first kappa shape index (κ1) is 21.3. The van der Waals surface area contributed by atoms with Crippen LogP contribution in [0.5, 0.6) is 0 Å². The fraction of sp³-hybridized carbons (Fsp3) is 0.267. The van der Waals surface area contributed by atoms with E-state index in [9.17, 15) is 0 Å². The maximum atomic E-state index is 4.88. The summed E-state index contributed by atoms with van der Waals surface area (Å²) in [4.78, 5) is 9.72. The molecule has 0 unspecified atom stereocenters. The van der Waals surface area contributed by atoms with E-state index in [1.54, 1.807) is 6.33 Å². The molecule has 0 amide bonds. The summed E-state index contributed by atoms with van der Waals surface area (Å²) in [5, 5.41) is 7.75. The van der Waals surface area contributed by atoms with E-state index < -0.39 is 8.07 Å². The molecule has 6 rings (SSSR count). The summed E-state index contributed by atoms with van der Waals surface area (Å²) in [5.74, 6) is 0. The van der Waals surface area contributed by atoms with Gasteiger partial charge in [-0.3, -0.25) is 0 Å². The molecule has 170 valence electrons. The van der Waals surface area contributed by atoms with Crippen molar-refractivity contribution in [1.82, 2.24) is 14.4 Å². The Morgan fingerprint density at radius 2 is 1.50 bits per heavy atom. The highest BCUT2D eigenvalue weighted by atomic mass is 28.3. The van der Waals surface area contributed by atoms with Crippen molar-refractivity contribution in [3.05, 3.63) is 72.7 Å². The maximum Gasteiger partial charge on any atom is 0.116 e. The molecule has 0 aliphatic rings. The minimum atomic E-state index is -1.54. The van der Waals surface area contributed by atoms with Gasteiger partial charge in [-0.1, -0.05) is 82.0 Å². The van der Waals surface area contributed by atoms with Gasteiger partial charge in [0.05, 0.1) is 35.8 Å². The molecule has 3 nitrogen and oxygen atoms in total. The smallest absolute Gasteiger partial charge is 0.116 e. The van der Waals surface area contributed by atoms with Crippen molar-refractivity contribution in [3.63, 3.8) is 0 Å². The van der Waals surface area contributed by atoms with Crippen LogP contribution in [0.2, 0.25) is 19.6 Å². The molecule has 0 saturated carbocycles. The fourth-order valence-electron chi connectivity index (χ4n) is 5.46. The van der Waals surface area contributed by atoms with Crippen LogP contribution in [0.4, 0.5) is 0 Å². The first-order valence-corrected chi connectivity index (χ1v) is 15.6. The van der Waals surface area contributed by atoms with Gasteiger partial charge in [-0.05, 0) is 52.3 Å². The Balaban J connectivity index is 1.91. The highest BCUT2D eigenvalue weighted by molar-refractivity contribution is 6.90. The lowest BCUT2D eigenvalue weighted by molar-refractivity contribution is 0.408. The minimum absolute atomic E-state index is 0.131. The molecule has 4 heteroatoms. The molecule has 34 heavy (non-hydrogen) atoms. The van der Waals surface area contributed by atoms with Gasteiger partial charge in [0.15, 0.2) is 0 Å². The molecule has 0 saturated heterocycles. The lowest BCUT2D eigenvalue weighted by Crippen LogP contribution is -2.37. The number of nitrogens with zero attached hydrogens (tertiary/aromatic N) is 3. The third kappa shape index (κ3) is 3.24. The van der Waals surface area contributed by atoms with Crippen LogP contribution in [0, 0.1) is 5.41 Å². The Labute approximate surface area is 201 Å². The van der Waals surface area contributed by atoms with Crippen LogP contribution in [-0.4, -0.2) is 22.4 Å². The Morgan fingerprint density at radius 3 is 2.21 bits per heavy atom. The van der Waals surface area contributed by atoms with E-state index in [0.717, 1.165) is 17.6 Å². The van der Waals surface area contributed by atoms with Gasteiger partial charge < -0.3 is 4.40 Å². The lowest BCUT2D eigenvalue weighted by atomic mass is 9.89. The number of rotatable bonds is 2. The summed E-state index contributed by atoms with van der Waals surface area (Å²) in [6.45, 7) is 14.1. The summed E-state index contributed by atoms with van der Waals surface area (Å²) in [5.41, 5.74) is 6.03. The minimum Gasteiger partial charge on any atom is -0.308 e. The van der Waals surface area contributed by atoms with Gasteiger partial charge in [0, 0.05) is 10.8 Å². The van der Waals surface area contributed by atoms with Crippen LogP contribution in [-0.2, 0) is 6.42 Å². The number of hydrogen-bond donors (Lipinski definition) is 0. The second kappa shape index (κ2) is 7.13. The molecule has 3 aromatic carbocycles. The summed E-state index contributed by atoms with van der Waals surface area (Å²) < 4.78 is 2.47. The van der Waals surface area contributed by atoms with Crippen molar-refractivity contribution in [3.8, 4) is 0 Å². The highest BCUT2D eigenvalue weighted by Crippen LogP contribution is 2.37. The van der Waals surface area contributed by atoms with Crippen molar-refractivity contribution in [2.45, 2.75) is 46.8 Å². The van der Waals surface area contributed by atoms with Crippen LogP contribution >= 0.6 is 0 Å². The zero-order chi connectivity index (χ0) is 23.8. The zero-order valence-corrected chi connectivity index (χ0v) is 21.9. The molecular formula is C30H31N3Si. The largest absolute Gasteiger partial charge is 0.308 e. The van der Waals surface area contributed by atoms with Crippen LogP contribution in [0.15, 0.2) is 67.0 Å². The third-order valence-electron chi connectivity index (χ3n) is 6.89. The van der Waals surface area contributed by atoms with Crippen molar-refractivity contribution in [2.24, 2.45) is 5.41 Å². The number of aromatic nitrogens is 3. The Hall–Kier alpha value is -3.24. The van der Waals surface area contributed by atoms with Gasteiger partial charge in [-0.25, -0.2) is 9.97 Å². The van der Waals surface area contributed by atoms with Gasteiger partial charge in [0.25, 0.3) is 0 Å². The van der Waals surface area contributed by atoms with Crippen molar-refractivity contribution < 1.29 is 0 Å². The Morgan fingerprint density at radius 1 is 0.765 bits per heavy atom. The van der Waals surface area contributed by atoms with Crippen LogP contribution < -0.4 is 5.19 Å². The molecule has 0 bridgehead atoms. The molecule has 0 radical (unpaired) electrons. The molecule has 0 N–H and O–H groups in total. The molecule has 0 spiro atoms. The maximum absolute atomic E-state index is 4.88. The molecular weight excluding hydrogens is 430 g/mol. The number of fused-ring (bicyclic) bond motifs is 9. The topological polar surface area (TPSA) is 30.2 Å². The van der Waals surface area contributed by atoms with E-state index in [2.05, 4.69) is 105 Å². The molecule has 3 aromatic heterocycles. The average Bonchev–Trinajstić information content (AvgIpc) is 3.16. The van der Waals surface area contributed by atoms with Crippen LogP contribution in [0.25, 0.3) is 49.0 Å². The molecule has 0 aliphatic carbocycles. The van der Waals surface area contributed by atoms with Gasteiger partial charge in [-0.2, -0.15) is 0 Å². The Bertz CT molecular complexity index is 1750. The molecule has 3 heterocycles. The van der Waals surface area contributed by atoms with Crippen molar-refractivity contribution in [2.75, 3.05) is 0 Å². The normalized spacial score (nSPS) is 13.1. The first-order chi connectivity index (χ1) is 16.1. The average molecular weight is 462 g/mol. The quantitative estimate of drug-likeness (QED) is 0.152. The van der Waals surface area contributed by atoms with E-state index in [-0.39, 0.29) is 5.41 Å². The second-order valence-corrected chi connectivity index (χ2v) is 16.9. The lowest BCUT2D eigenvalue weighted by Gasteiger charge is -2.19. The first-order valence-electron chi connectivity index (χ1n) is 12.1. The monoisotopic (exact) mass is 461 g/mol. The standard InChI is InChI=1S/C30H31N3Si/c1-30(2,3)17-23-28-26-16-21-24(12-9-13-27(21)34(4,5)6)33(26)25-15-20-11-8-7-10-19(20)14-22(25)29(28)32-18-31-23/h7-16,18H,17H2,1-6H3. The third-order valence-corrected chi connectivity index (χ3v) is 8.95. The highest BCUT2D eigenvalue weighted by Gasteiger charge is 2.24. The van der Waals surface area contributed by atoms with E-state index in [1.165, 1.54) is 48.7 Å². The molecule has 0 fully saturated rings. The van der Waals surface area contributed by atoms with Crippen LogP contribution in [0.1, 0.15) is 26.5 Å². The molecule has 6 aromatic rings. The summed E-state index contributed by atoms with van der Waals surface area (Å²) in [7, 11) is -1.54. The van der Waals surface area contributed by atoms with Crippen molar-refractivity contribution in [1.29, 1.82) is 0 Å². The van der Waals surface area contributed by atoms with E-state index in [0.29, 0.717) is 0 Å². The Kier molecular flexibility index (Phi) is 4.47. The van der Waals surface area contributed by atoms with Gasteiger partial charge in [0.1, 0.15) is 6.33 Å². The second-order valence-electron chi connectivity index (χ2n) is 11.9. The van der Waals surface area contributed by atoms with E-state index >= 15 is 0 Å². The summed E-state index contributed by atoms with van der Waals surface area (Å²) >= 11 is 0. The fourth-order valence-corrected chi connectivity index (χ4v) is 7.07. The van der Waals surface area contributed by atoms with Gasteiger partial charge in [-0.15, -0.1) is 0 Å². The molecule has 0 atom stereocenters. The van der Waals surface area contributed by atoms with Crippen molar-refractivity contribution >= 4 is 62.3 Å². The van der Waals surface area contributed by atoms with Gasteiger partial charge in [0.2, 0.25) is 0 Å². The predicted octanol–water partition coefficient (Wildman–Crippen LogP) is 7.48. The number of benzene rings is 3. The number of pyridine rings is 1.